The molecule has 0 aromatic carbocycles. The highest BCUT2D eigenvalue weighted by molar-refractivity contribution is 5.74. The second-order valence-electron chi connectivity index (χ2n) is 22.7. The van der Waals surface area contributed by atoms with Crippen molar-refractivity contribution >= 4 is 23.9 Å². The number of carbonyl (C=O) groups is 4. The van der Waals surface area contributed by atoms with Crippen LogP contribution in [-0.4, -0.2) is 89.2 Å². The van der Waals surface area contributed by atoms with Crippen LogP contribution in [0.4, 0.5) is 0 Å². The number of carbonyl (C=O) groups excluding carboxylic acids is 3. The number of allylic oxidation sites excluding steroid dienone is 18. The minimum atomic E-state index is -1.92. The Morgan fingerprint density at radius 1 is 0.400 bits per heavy atom. The first-order valence-corrected chi connectivity index (χ1v) is 33.9. The number of hydrogen-bond acceptors (Lipinski definition) is 11. The fourth-order valence-corrected chi connectivity index (χ4v) is 9.70. The molecule has 0 amide bonds. The van der Waals surface area contributed by atoms with Crippen molar-refractivity contribution in [3.63, 3.8) is 0 Å². The smallest absolute Gasteiger partial charge is 0.335 e. The van der Waals surface area contributed by atoms with Crippen LogP contribution in [0.15, 0.2) is 109 Å². The number of ether oxygens (including phenoxy) is 5. The Morgan fingerprint density at radius 2 is 0.765 bits per heavy atom. The monoisotopic (exact) mass is 1190 g/mol. The molecule has 1 rings (SSSR count). The summed E-state index contributed by atoms with van der Waals surface area (Å²) in [4.78, 5) is 51.4. The van der Waals surface area contributed by atoms with Crippen molar-refractivity contribution in [2.24, 2.45) is 0 Å². The van der Waals surface area contributed by atoms with Gasteiger partial charge in [-0.25, -0.2) is 4.79 Å². The highest BCUT2D eigenvalue weighted by Crippen LogP contribution is 2.27. The zero-order valence-corrected chi connectivity index (χ0v) is 53.6. The quantitative estimate of drug-likeness (QED) is 0.0228. The van der Waals surface area contributed by atoms with Gasteiger partial charge in [-0.2, -0.15) is 0 Å². The molecule has 3 N–H and O–H groups in total. The average Bonchev–Trinajstić information content (AvgIpc) is 3.51. The van der Waals surface area contributed by atoms with Gasteiger partial charge in [0, 0.05) is 19.3 Å². The summed E-state index contributed by atoms with van der Waals surface area (Å²) in [5, 5.41) is 31.6. The summed E-state index contributed by atoms with van der Waals surface area (Å²) >= 11 is 0. The first kappa shape index (κ1) is 78.4. The average molecular weight is 1190 g/mol. The van der Waals surface area contributed by atoms with E-state index >= 15 is 0 Å². The molecular weight excluding hydrogens is 1070 g/mol. The lowest BCUT2D eigenvalue weighted by Gasteiger charge is -2.40. The summed E-state index contributed by atoms with van der Waals surface area (Å²) in [7, 11) is 0. The number of esters is 3. The molecule has 484 valence electrons. The number of carboxylic acids is 1. The van der Waals surface area contributed by atoms with Gasteiger partial charge in [0.2, 0.25) is 0 Å². The maximum atomic E-state index is 13.2. The highest BCUT2D eigenvalue weighted by atomic mass is 16.7. The van der Waals surface area contributed by atoms with E-state index in [1.54, 1.807) is 0 Å². The van der Waals surface area contributed by atoms with Gasteiger partial charge in [-0.3, -0.25) is 14.4 Å². The normalized spacial score (nSPS) is 18.2. The van der Waals surface area contributed by atoms with Crippen LogP contribution in [0.2, 0.25) is 0 Å². The molecule has 1 heterocycles. The minimum Gasteiger partial charge on any atom is -0.479 e. The van der Waals surface area contributed by atoms with Crippen LogP contribution in [0.5, 0.6) is 0 Å². The van der Waals surface area contributed by atoms with Crippen molar-refractivity contribution in [1.82, 2.24) is 0 Å². The second-order valence-corrected chi connectivity index (χ2v) is 22.7. The zero-order valence-electron chi connectivity index (χ0n) is 53.6. The summed E-state index contributed by atoms with van der Waals surface area (Å²) in [6.45, 7) is 5.82. The SMILES string of the molecule is CC/C=C\C/C=C\C/C=C\C/C=C\C/C=C\C/C=C\CCC(=O)OCC(COC1OC(C(=O)O)C(O)C(O)C1OC(=O)CCCCCCCC/C=C\C/C=C\C/C=C\CCCCC)OC(=O)CCCCCCCCCCCCCCCCCCC. The van der Waals surface area contributed by atoms with Crippen molar-refractivity contribution in [1.29, 1.82) is 0 Å². The maximum Gasteiger partial charge on any atom is 0.335 e. The van der Waals surface area contributed by atoms with Gasteiger partial charge in [0.05, 0.1) is 6.61 Å². The maximum absolute atomic E-state index is 13.2. The third-order valence-corrected chi connectivity index (χ3v) is 14.8. The van der Waals surface area contributed by atoms with E-state index in [2.05, 4.69) is 118 Å². The van der Waals surface area contributed by atoms with E-state index < -0.39 is 67.3 Å². The molecule has 0 aromatic heterocycles. The Balaban J connectivity index is 2.70. The van der Waals surface area contributed by atoms with Crippen LogP contribution in [0.1, 0.15) is 278 Å². The van der Waals surface area contributed by atoms with Crippen LogP contribution in [0, 0.1) is 0 Å². The van der Waals surface area contributed by atoms with E-state index in [0.717, 1.165) is 116 Å². The predicted molar refractivity (Wildman–Crippen MR) is 349 cm³/mol. The third kappa shape index (κ3) is 49.1. The summed E-state index contributed by atoms with van der Waals surface area (Å²) in [6.07, 6.45) is 69.1. The molecule has 6 unspecified atom stereocenters. The zero-order chi connectivity index (χ0) is 61.7. The minimum absolute atomic E-state index is 0.0352. The van der Waals surface area contributed by atoms with Gasteiger partial charge in [0.25, 0.3) is 0 Å². The van der Waals surface area contributed by atoms with E-state index in [-0.39, 0.29) is 25.9 Å². The standard InChI is InChI=1S/C73H120O12/c1-4-7-10-13-16-19-22-25-28-31-33-36-38-41-44-47-50-53-56-59-65(74)81-62-64(83-66(75)60-57-54-51-48-45-42-39-35-30-27-24-21-18-15-12-9-6-3)63-82-73-71(69(78)68(77)70(85-73)72(79)80)84-67(76)61-58-55-52-49-46-43-40-37-34-32-29-26-23-20-17-14-11-8-5-2/h7,10,16-17,19-20,25-26,28-29,33-34,36-37,41,44,50,53,64,68-71,73,77-78H,4-6,8-9,11-15,18,21-24,27,30-32,35,38-40,42-43,45-49,51-52,54-63H2,1-3H3,(H,79,80)/b10-7-,19-16-,20-17-,28-25-,29-26-,36-33-,37-34-,44-41-,53-50-. The Kier molecular flexibility index (Phi) is 55.1. The molecule has 6 atom stereocenters. The fraction of sp³-hybridized carbons (Fsp3) is 0.699. The lowest BCUT2D eigenvalue weighted by Crippen LogP contribution is -2.61. The van der Waals surface area contributed by atoms with Gasteiger partial charge in [-0.1, -0.05) is 271 Å². The van der Waals surface area contributed by atoms with Crippen LogP contribution in [-0.2, 0) is 42.9 Å². The largest absolute Gasteiger partial charge is 0.479 e. The molecule has 0 spiro atoms. The molecule has 1 aliphatic rings. The fourth-order valence-electron chi connectivity index (χ4n) is 9.70. The number of aliphatic carboxylic acids is 1. The summed E-state index contributed by atoms with van der Waals surface area (Å²) in [6, 6.07) is 0. The first-order valence-electron chi connectivity index (χ1n) is 33.9. The topological polar surface area (TPSA) is 175 Å². The van der Waals surface area contributed by atoms with E-state index in [1.165, 1.54) is 103 Å². The van der Waals surface area contributed by atoms with E-state index in [1.807, 2.05) is 12.2 Å². The molecule has 1 fully saturated rings. The molecule has 12 nitrogen and oxygen atoms in total. The molecule has 85 heavy (non-hydrogen) atoms. The number of hydrogen-bond donors (Lipinski definition) is 3. The summed E-state index contributed by atoms with van der Waals surface area (Å²) in [5.41, 5.74) is 0. The number of rotatable bonds is 57. The molecule has 0 aromatic rings. The van der Waals surface area contributed by atoms with E-state index in [4.69, 9.17) is 23.7 Å². The molecule has 0 radical (unpaired) electrons. The third-order valence-electron chi connectivity index (χ3n) is 14.8. The Morgan fingerprint density at radius 3 is 1.20 bits per heavy atom. The number of aliphatic hydroxyl groups is 2. The van der Waals surface area contributed by atoms with E-state index in [9.17, 15) is 34.5 Å². The molecule has 1 aliphatic heterocycles. The van der Waals surface area contributed by atoms with Crippen molar-refractivity contribution in [2.75, 3.05) is 13.2 Å². The molecule has 0 bridgehead atoms. The summed E-state index contributed by atoms with van der Waals surface area (Å²) < 4.78 is 28.5. The van der Waals surface area contributed by atoms with Gasteiger partial charge in [-0.15, -0.1) is 0 Å². The van der Waals surface area contributed by atoms with Crippen LogP contribution < -0.4 is 0 Å². The van der Waals surface area contributed by atoms with E-state index in [0.29, 0.717) is 19.3 Å². The number of aliphatic hydroxyl groups excluding tert-OH is 2. The van der Waals surface area contributed by atoms with Crippen molar-refractivity contribution in [3.05, 3.63) is 109 Å². The Bertz CT molecular complexity index is 1890. The van der Waals surface area contributed by atoms with Crippen LogP contribution in [0.3, 0.4) is 0 Å². The summed E-state index contributed by atoms with van der Waals surface area (Å²) in [5.74, 6) is -3.24. The lowest BCUT2D eigenvalue weighted by molar-refractivity contribution is -0.301. The molecule has 0 saturated carbocycles. The van der Waals surface area contributed by atoms with Gasteiger partial charge >= 0.3 is 23.9 Å². The highest BCUT2D eigenvalue weighted by Gasteiger charge is 2.50. The van der Waals surface area contributed by atoms with Gasteiger partial charge < -0.3 is 39.0 Å². The Hall–Kier alpha value is -4.62. The first-order chi connectivity index (χ1) is 41.6. The number of carboxylic acid groups (broad SMARTS) is 1. The van der Waals surface area contributed by atoms with Gasteiger partial charge in [-0.05, 0) is 96.3 Å². The van der Waals surface area contributed by atoms with Crippen molar-refractivity contribution in [3.8, 4) is 0 Å². The van der Waals surface area contributed by atoms with Gasteiger partial charge in [0.15, 0.2) is 24.6 Å². The molecular formula is C73H120O12. The molecule has 12 heteroatoms. The predicted octanol–water partition coefficient (Wildman–Crippen LogP) is 18.6. The number of unbranched alkanes of at least 4 members (excludes halogenated alkanes) is 25. The van der Waals surface area contributed by atoms with Crippen LogP contribution in [0.25, 0.3) is 0 Å². The molecule has 1 saturated heterocycles. The van der Waals surface area contributed by atoms with Crippen LogP contribution >= 0.6 is 0 Å². The van der Waals surface area contributed by atoms with Crippen molar-refractivity contribution < 1.29 is 58.2 Å². The van der Waals surface area contributed by atoms with Crippen molar-refractivity contribution in [2.45, 2.75) is 314 Å². The Labute approximate surface area is 516 Å². The lowest BCUT2D eigenvalue weighted by atomic mass is 9.98. The second kappa shape index (κ2) is 59.7. The van der Waals surface area contributed by atoms with Gasteiger partial charge in [0.1, 0.15) is 18.8 Å². The molecule has 0 aliphatic carbocycles.